The van der Waals surface area contributed by atoms with E-state index in [-0.39, 0.29) is 25.4 Å². The number of aliphatic carboxylic acids is 1. The number of fused-ring (bicyclic) bond motifs is 3. The van der Waals surface area contributed by atoms with E-state index in [2.05, 4.69) is 10.6 Å². The molecule has 33 heavy (non-hydrogen) atoms. The number of benzene rings is 2. The van der Waals surface area contributed by atoms with Crippen molar-refractivity contribution in [3.63, 3.8) is 0 Å². The van der Waals surface area contributed by atoms with Crippen molar-refractivity contribution in [1.82, 2.24) is 10.6 Å². The largest absolute Gasteiger partial charge is 0.480 e. The van der Waals surface area contributed by atoms with Crippen molar-refractivity contribution >= 4 is 18.0 Å². The minimum Gasteiger partial charge on any atom is -0.480 e. The number of rotatable bonds is 9. The van der Waals surface area contributed by atoms with Crippen molar-refractivity contribution in [3.8, 4) is 11.1 Å². The molecule has 176 valence electrons. The maximum Gasteiger partial charge on any atom is 0.408 e. The van der Waals surface area contributed by atoms with Gasteiger partial charge in [0.05, 0.1) is 6.10 Å². The summed E-state index contributed by atoms with van der Waals surface area (Å²) in [4.78, 5) is 37.0. The van der Waals surface area contributed by atoms with Gasteiger partial charge in [0.2, 0.25) is 5.91 Å². The molecule has 8 heteroatoms. The Labute approximate surface area is 193 Å². The molecule has 0 saturated carbocycles. The van der Waals surface area contributed by atoms with E-state index in [4.69, 9.17) is 4.74 Å². The number of hydrogen-bond donors (Lipinski definition) is 4. The Balaban J connectivity index is 1.72. The number of carboxylic acid groups (broad SMARTS) is 1. The summed E-state index contributed by atoms with van der Waals surface area (Å²) in [5.74, 6) is -2.17. The highest BCUT2D eigenvalue weighted by Crippen LogP contribution is 2.44. The lowest BCUT2D eigenvalue weighted by Crippen LogP contribution is -2.62. The van der Waals surface area contributed by atoms with E-state index in [0.717, 1.165) is 22.3 Å². The molecule has 0 bridgehead atoms. The molecule has 8 nitrogen and oxygen atoms in total. The Morgan fingerprint density at radius 1 is 1.00 bits per heavy atom. The zero-order chi connectivity index (χ0) is 24.2. The lowest BCUT2D eigenvalue weighted by Gasteiger charge is -2.32. The molecule has 0 spiro atoms. The average molecular weight is 455 g/mol. The van der Waals surface area contributed by atoms with Crippen LogP contribution in [-0.2, 0) is 14.3 Å². The number of ether oxygens (including phenoxy) is 1. The molecule has 0 heterocycles. The molecule has 0 saturated heterocycles. The summed E-state index contributed by atoms with van der Waals surface area (Å²) in [6, 6.07) is 14.5. The van der Waals surface area contributed by atoms with E-state index < -0.39 is 35.7 Å². The Kier molecular flexibility index (Phi) is 7.38. The third-order valence-electron chi connectivity index (χ3n) is 6.36. The van der Waals surface area contributed by atoms with Gasteiger partial charge >= 0.3 is 12.1 Å². The summed E-state index contributed by atoms with van der Waals surface area (Å²) < 4.78 is 5.55. The van der Waals surface area contributed by atoms with Crippen LogP contribution in [0.25, 0.3) is 11.1 Å². The van der Waals surface area contributed by atoms with Crippen molar-refractivity contribution in [1.29, 1.82) is 0 Å². The molecular formula is C25H30N2O6. The normalized spacial score (nSPS) is 14.5. The molecule has 2 aromatic rings. The summed E-state index contributed by atoms with van der Waals surface area (Å²) >= 11 is 0. The maximum absolute atomic E-state index is 12.9. The maximum atomic E-state index is 12.9. The van der Waals surface area contributed by atoms with E-state index in [9.17, 15) is 24.6 Å². The zero-order valence-corrected chi connectivity index (χ0v) is 19.0. The molecule has 0 radical (unpaired) electrons. The molecule has 0 aromatic heterocycles. The first-order valence-electron chi connectivity index (χ1n) is 11.1. The summed E-state index contributed by atoms with van der Waals surface area (Å²) in [6.07, 6.45) is -1.64. The second kappa shape index (κ2) is 10.0. The van der Waals surface area contributed by atoms with Crippen molar-refractivity contribution in [2.45, 2.75) is 57.2 Å². The van der Waals surface area contributed by atoms with Crippen LogP contribution >= 0.6 is 0 Å². The summed E-state index contributed by atoms with van der Waals surface area (Å²) in [6.45, 7) is 4.80. The van der Waals surface area contributed by atoms with Gasteiger partial charge in [0, 0.05) is 5.92 Å². The molecule has 1 aliphatic rings. The second-order valence-corrected chi connectivity index (χ2v) is 8.27. The minimum absolute atomic E-state index is 0.0937. The number of carboxylic acids is 1. The van der Waals surface area contributed by atoms with E-state index in [0.29, 0.717) is 0 Å². The molecule has 2 amide bonds. The molecule has 3 rings (SSSR count). The third-order valence-corrected chi connectivity index (χ3v) is 6.36. The Bertz CT molecular complexity index is 986. The smallest absolute Gasteiger partial charge is 0.408 e. The van der Waals surface area contributed by atoms with Crippen LogP contribution in [0.5, 0.6) is 0 Å². The van der Waals surface area contributed by atoms with Gasteiger partial charge in [-0.05, 0) is 42.0 Å². The first kappa shape index (κ1) is 24.3. The lowest BCUT2D eigenvalue weighted by molar-refractivity contribution is -0.146. The van der Waals surface area contributed by atoms with Crippen molar-refractivity contribution in [2.75, 3.05) is 6.61 Å². The molecule has 0 aliphatic heterocycles. The quantitative estimate of drug-likeness (QED) is 0.462. The standard InChI is InChI=1S/C25H30N2O6/c1-4-25(5-2,23(31)26-21(15(3)28)22(29)30)27-24(32)33-14-20-18-12-8-6-10-16(18)17-11-7-9-13-19(17)20/h6-13,15,20-21,28H,4-5,14H2,1-3H3,(H,26,31)(H,27,32)(H,29,30)/t15-,21+/m1/s1. The van der Waals surface area contributed by atoms with Gasteiger partial charge in [0.15, 0.2) is 6.04 Å². The number of carbonyl (C=O) groups is 3. The fourth-order valence-electron chi connectivity index (χ4n) is 4.30. The average Bonchev–Trinajstić information content (AvgIpc) is 3.13. The highest BCUT2D eigenvalue weighted by molar-refractivity contribution is 5.93. The van der Waals surface area contributed by atoms with Gasteiger partial charge in [-0.25, -0.2) is 9.59 Å². The summed E-state index contributed by atoms with van der Waals surface area (Å²) in [7, 11) is 0. The van der Waals surface area contributed by atoms with Crippen LogP contribution in [-0.4, -0.2) is 52.5 Å². The van der Waals surface area contributed by atoms with E-state index in [1.165, 1.54) is 6.92 Å². The molecule has 2 aromatic carbocycles. The molecule has 0 fully saturated rings. The number of nitrogens with one attached hydrogen (secondary N) is 2. The highest BCUT2D eigenvalue weighted by atomic mass is 16.5. The Morgan fingerprint density at radius 2 is 1.52 bits per heavy atom. The van der Waals surface area contributed by atoms with Crippen LogP contribution in [0.1, 0.15) is 50.7 Å². The van der Waals surface area contributed by atoms with Gasteiger partial charge in [-0.3, -0.25) is 4.79 Å². The van der Waals surface area contributed by atoms with Crippen molar-refractivity contribution < 1.29 is 29.3 Å². The first-order chi connectivity index (χ1) is 15.7. The van der Waals surface area contributed by atoms with Crippen LogP contribution in [0.2, 0.25) is 0 Å². The van der Waals surface area contributed by atoms with Crippen LogP contribution in [0, 0.1) is 0 Å². The highest BCUT2D eigenvalue weighted by Gasteiger charge is 2.40. The fraction of sp³-hybridized carbons (Fsp3) is 0.400. The van der Waals surface area contributed by atoms with E-state index in [1.54, 1.807) is 13.8 Å². The lowest BCUT2D eigenvalue weighted by atomic mass is 9.91. The van der Waals surface area contributed by atoms with Crippen LogP contribution in [0.4, 0.5) is 4.79 Å². The summed E-state index contributed by atoms with van der Waals surface area (Å²) in [5.41, 5.74) is 2.99. The second-order valence-electron chi connectivity index (χ2n) is 8.27. The number of alkyl carbamates (subject to hydrolysis) is 1. The van der Waals surface area contributed by atoms with Gasteiger partial charge in [0.1, 0.15) is 12.1 Å². The minimum atomic E-state index is -1.49. The number of aliphatic hydroxyl groups excluding tert-OH is 1. The fourth-order valence-corrected chi connectivity index (χ4v) is 4.30. The number of aliphatic hydroxyl groups is 1. The molecule has 0 unspecified atom stereocenters. The summed E-state index contributed by atoms with van der Waals surface area (Å²) in [5, 5.41) is 23.9. The Hall–Kier alpha value is -3.39. The Morgan fingerprint density at radius 3 is 1.97 bits per heavy atom. The topological polar surface area (TPSA) is 125 Å². The molecule has 4 N–H and O–H groups in total. The number of hydrogen-bond acceptors (Lipinski definition) is 5. The zero-order valence-electron chi connectivity index (χ0n) is 19.0. The van der Waals surface area contributed by atoms with Gasteiger partial charge in [-0.1, -0.05) is 62.4 Å². The van der Waals surface area contributed by atoms with Crippen LogP contribution < -0.4 is 10.6 Å². The monoisotopic (exact) mass is 454 g/mol. The first-order valence-corrected chi connectivity index (χ1v) is 11.1. The molecule has 1 aliphatic carbocycles. The van der Waals surface area contributed by atoms with Gasteiger partial charge in [-0.15, -0.1) is 0 Å². The predicted molar refractivity (Wildman–Crippen MR) is 123 cm³/mol. The van der Waals surface area contributed by atoms with Crippen LogP contribution in [0.3, 0.4) is 0 Å². The van der Waals surface area contributed by atoms with E-state index >= 15 is 0 Å². The SMILES string of the molecule is CCC(CC)(NC(=O)OCC1c2ccccc2-c2ccccc21)C(=O)N[C@H](C(=O)O)[C@@H](C)O. The van der Waals surface area contributed by atoms with Gasteiger partial charge in [-0.2, -0.15) is 0 Å². The van der Waals surface area contributed by atoms with E-state index in [1.807, 2.05) is 48.5 Å². The van der Waals surface area contributed by atoms with Gasteiger partial charge < -0.3 is 25.6 Å². The third kappa shape index (κ3) is 4.85. The van der Waals surface area contributed by atoms with Crippen LogP contribution in [0.15, 0.2) is 48.5 Å². The van der Waals surface area contributed by atoms with Crippen molar-refractivity contribution in [2.24, 2.45) is 0 Å². The number of amides is 2. The number of carbonyl (C=O) groups excluding carboxylic acids is 2. The van der Waals surface area contributed by atoms with Crippen molar-refractivity contribution in [3.05, 3.63) is 59.7 Å². The van der Waals surface area contributed by atoms with Gasteiger partial charge in [0.25, 0.3) is 0 Å². The molecule has 2 atom stereocenters. The predicted octanol–water partition coefficient (Wildman–Crippen LogP) is 3.03. The molecular weight excluding hydrogens is 424 g/mol.